The van der Waals surface area contributed by atoms with Crippen molar-refractivity contribution < 1.29 is 18.5 Å². The first-order valence-electron chi connectivity index (χ1n) is 6.54. The average Bonchev–Trinajstić information content (AvgIpc) is 3.00. The molecule has 0 heterocycles. The molecule has 0 spiro atoms. The van der Waals surface area contributed by atoms with E-state index in [1.807, 2.05) is 0 Å². The summed E-state index contributed by atoms with van der Waals surface area (Å²) in [4.78, 5) is 22.7. The molecule has 1 fully saturated rings. The molecule has 0 saturated heterocycles. The summed E-state index contributed by atoms with van der Waals surface area (Å²) in [6.07, 6.45) is 6.92. The highest BCUT2D eigenvalue weighted by Gasteiger charge is 2.24. The number of hydrogen-bond donors (Lipinski definition) is 1. The minimum atomic E-state index is -0.537. The van der Waals surface area contributed by atoms with Gasteiger partial charge in [-0.3, -0.25) is 4.79 Å². The van der Waals surface area contributed by atoms with Crippen molar-refractivity contribution in [1.82, 2.24) is 0 Å². The SMILES string of the molecule is O=C(/C=C/c1ccc(OC(=O)C2CCCC2)cc1)OS. The first-order valence-corrected chi connectivity index (χ1v) is 6.91. The lowest BCUT2D eigenvalue weighted by molar-refractivity contribution is -0.138. The van der Waals surface area contributed by atoms with Crippen LogP contribution in [0.25, 0.3) is 6.08 Å². The zero-order valence-corrected chi connectivity index (χ0v) is 11.8. The quantitative estimate of drug-likeness (QED) is 0.304. The zero-order valence-electron chi connectivity index (χ0n) is 11.0. The van der Waals surface area contributed by atoms with Crippen LogP contribution in [0.4, 0.5) is 0 Å². The standard InChI is InChI=1S/C15H16O4S/c16-14(19-20)10-7-11-5-8-13(9-6-11)18-15(17)12-3-1-2-4-12/h5-10,12,20H,1-4H2/b10-7+. The van der Waals surface area contributed by atoms with Gasteiger partial charge in [0.1, 0.15) is 5.75 Å². The topological polar surface area (TPSA) is 52.6 Å². The molecule has 0 unspecified atom stereocenters. The number of carbonyl (C=O) groups excluding carboxylic acids is 2. The Kier molecular flexibility index (Phi) is 5.24. The summed E-state index contributed by atoms with van der Waals surface area (Å²) in [6.45, 7) is 0. The molecule has 1 aromatic carbocycles. The van der Waals surface area contributed by atoms with Gasteiger partial charge in [0.25, 0.3) is 0 Å². The van der Waals surface area contributed by atoms with Crippen molar-refractivity contribution in [3.05, 3.63) is 35.9 Å². The largest absolute Gasteiger partial charge is 0.426 e. The lowest BCUT2D eigenvalue weighted by Crippen LogP contribution is -2.17. The summed E-state index contributed by atoms with van der Waals surface area (Å²) in [6, 6.07) is 6.94. The lowest BCUT2D eigenvalue weighted by atomic mass is 10.1. The number of esters is 1. The zero-order chi connectivity index (χ0) is 14.4. The molecule has 0 aromatic heterocycles. The second-order valence-electron chi connectivity index (χ2n) is 4.72. The van der Waals surface area contributed by atoms with Gasteiger partial charge >= 0.3 is 11.9 Å². The number of benzene rings is 1. The first kappa shape index (κ1) is 14.7. The third-order valence-corrected chi connectivity index (χ3v) is 3.47. The van der Waals surface area contributed by atoms with E-state index in [0.717, 1.165) is 31.2 Å². The van der Waals surface area contributed by atoms with E-state index >= 15 is 0 Å². The second-order valence-corrected chi connectivity index (χ2v) is 4.90. The lowest BCUT2D eigenvalue weighted by Gasteiger charge is -2.09. The fraction of sp³-hybridized carbons (Fsp3) is 0.333. The summed E-state index contributed by atoms with van der Waals surface area (Å²) < 4.78 is 9.54. The van der Waals surface area contributed by atoms with Crippen molar-refractivity contribution in [2.24, 2.45) is 5.92 Å². The van der Waals surface area contributed by atoms with E-state index in [1.165, 1.54) is 6.08 Å². The Morgan fingerprint density at radius 3 is 2.40 bits per heavy atom. The number of ether oxygens (including phenoxy) is 1. The normalized spacial score (nSPS) is 15.4. The summed E-state index contributed by atoms with van der Waals surface area (Å²) in [5, 5.41) is 0. The van der Waals surface area contributed by atoms with Crippen molar-refractivity contribution in [3.8, 4) is 5.75 Å². The molecule has 2 rings (SSSR count). The fourth-order valence-corrected chi connectivity index (χ4v) is 2.26. The van der Waals surface area contributed by atoms with E-state index in [9.17, 15) is 9.59 Å². The van der Waals surface area contributed by atoms with Crippen LogP contribution in [0.15, 0.2) is 30.3 Å². The van der Waals surface area contributed by atoms with Gasteiger partial charge in [-0.15, -0.1) is 0 Å². The third kappa shape index (κ3) is 4.13. The molecule has 1 aliphatic carbocycles. The van der Waals surface area contributed by atoms with E-state index in [4.69, 9.17) is 4.74 Å². The summed E-state index contributed by atoms with van der Waals surface area (Å²) in [5.74, 6) is -0.120. The third-order valence-electron chi connectivity index (χ3n) is 3.29. The minimum Gasteiger partial charge on any atom is -0.426 e. The molecule has 0 radical (unpaired) electrons. The monoisotopic (exact) mass is 292 g/mol. The Hall–Kier alpha value is -1.75. The van der Waals surface area contributed by atoms with Crippen molar-refractivity contribution >= 4 is 30.9 Å². The van der Waals surface area contributed by atoms with E-state index in [0.29, 0.717) is 5.75 Å². The Morgan fingerprint density at radius 1 is 1.15 bits per heavy atom. The summed E-state index contributed by atoms with van der Waals surface area (Å²) in [7, 11) is 0. The highest BCUT2D eigenvalue weighted by molar-refractivity contribution is 7.75. The van der Waals surface area contributed by atoms with Crippen LogP contribution < -0.4 is 4.74 Å². The van der Waals surface area contributed by atoms with Crippen molar-refractivity contribution in [1.29, 1.82) is 0 Å². The molecule has 0 aliphatic heterocycles. The smallest absolute Gasteiger partial charge is 0.342 e. The van der Waals surface area contributed by atoms with E-state index in [1.54, 1.807) is 30.3 Å². The summed E-state index contributed by atoms with van der Waals surface area (Å²) in [5.41, 5.74) is 0.810. The molecule has 4 nitrogen and oxygen atoms in total. The first-order chi connectivity index (χ1) is 9.69. The van der Waals surface area contributed by atoms with Crippen LogP contribution in [-0.2, 0) is 13.8 Å². The predicted molar refractivity (Wildman–Crippen MR) is 78.1 cm³/mol. The van der Waals surface area contributed by atoms with Crippen molar-refractivity contribution in [2.75, 3.05) is 0 Å². The fourth-order valence-electron chi connectivity index (χ4n) is 2.20. The second kappa shape index (κ2) is 7.14. The van der Waals surface area contributed by atoms with Gasteiger partial charge in [-0.2, -0.15) is 0 Å². The van der Waals surface area contributed by atoms with E-state index in [-0.39, 0.29) is 11.9 Å². The van der Waals surface area contributed by atoms with Crippen LogP contribution in [0.5, 0.6) is 5.75 Å². The molecule has 0 bridgehead atoms. The number of carbonyl (C=O) groups is 2. The maximum atomic E-state index is 11.8. The molecule has 1 saturated carbocycles. The minimum absolute atomic E-state index is 0.0414. The van der Waals surface area contributed by atoms with Crippen LogP contribution in [0.2, 0.25) is 0 Å². The number of hydrogen-bond acceptors (Lipinski definition) is 5. The van der Waals surface area contributed by atoms with Gasteiger partial charge in [-0.25, -0.2) is 4.79 Å². The van der Waals surface area contributed by atoms with Crippen LogP contribution in [0, 0.1) is 5.92 Å². The van der Waals surface area contributed by atoms with Gasteiger partial charge in [0.2, 0.25) is 0 Å². The summed E-state index contributed by atoms with van der Waals surface area (Å²) >= 11 is 3.40. The molecule has 0 atom stereocenters. The molecule has 0 N–H and O–H groups in total. The molecule has 20 heavy (non-hydrogen) atoms. The number of rotatable bonds is 4. The van der Waals surface area contributed by atoms with Crippen LogP contribution in [0.1, 0.15) is 31.2 Å². The van der Waals surface area contributed by atoms with Crippen molar-refractivity contribution in [2.45, 2.75) is 25.7 Å². The molecule has 0 amide bonds. The Bertz CT molecular complexity index is 501. The van der Waals surface area contributed by atoms with Gasteiger partial charge in [-0.1, -0.05) is 25.0 Å². The average molecular weight is 292 g/mol. The molecule has 1 aromatic rings. The Balaban J connectivity index is 1.92. The van der Waals surface area contributed by atoms with Gasteiger partial charge in [0, 0.05) is 19.0 Å². The van der Waals surface area contributed by atoms with Gasteiger partial charge < -0.3 is 8.92 Å². The molecular formula is C15H16O4S. The predicted octanol–water partition coefficient (Wildman–Crippen LogP) is 3.18. The maximum absolute atomic E-state index is 11.8. The van der Waals surface area contributed by atoms with Gasteiger partial charge in [-0.05, 0) is 36.6 Å². The molecule has 1 aliphatic rings. The highest BCUT2D eigenvalue weighted by atomic mass is 32.1. The van der Waals surface area contributed by atoms with E-state index in [2.05, 4.69) is 17.1 Å². The highest BCUT2D eigenvalue weighted by Crippen LogP contribution is 2.26. The molecule has 5 heteroatoms. The maximum Gasteiger partial charge on any atom is 0.342 e. The Morgan fingerprint density at radius 2 is 1.80 bits per heavy atom. The van der Waals surface area contributed by atoms with Gasteiger partial charge in [0.05, 0.1) is 5.92 Å². The number of thiol groups is 1. The van der Waals surface area contributed by atoms with E-state index < -0.39 is 5.97 Å². The van der Waals surface area contributed by atoms with Crippen LogP contribution in [-0.4, -0.2) is 11.9 Å². The molecule has 106 valence electrons. The van der Waals surface area contributed by atoms with Crippen LogP contribution in [0.3, 0.4) is 0 Å². The van der Waals surface area contributed by atoms with Gasteiger partial charge in [0.15, 0.2) is 0 Å². The van der Waals surface area contributed by atoms with Crippen LogP contribution >= 0.6 is 12.9 Å². The molecular weight excluding hydrogens is 276 g/mol. The Labute approximate surface area is 123 Å². The van der Waals surface area contributed by atoms with Crippen molar-refractivity contribution in [3.63, 3.8) is 0 Å².